The van der Waals surface area contributed by atoms with E-state index in [0.717, 1.165) is 12.5 Å². The summed E-state index contributed by atoms with van der Waals surface area (Å²) in [5.74, 6) is 0.787. The smallest absolute Gasteiger partial charge is 0.00288 e. The second-order valence-electron chi connectivity index (χ2n) is 1.95. The van der Waals surface area contributed by atoms with Crippen LogP contribution in [0.1, 0.15) is 41.5 Å². The van der Waals surface area contributed by atoms with E-state index in [2.05, 4.69) is 19.2 Å². The molecule has 0 amide bonds. The maximum Gasteiger partial charge on any atom is -0.00288 e. The lowest BCUT2D eigenvalue weighted by molar-refractivity contribution is 0.595. The standard InChI is InChI=1S/C5H13N.2C2H6/c1-5(2)4-6-3;2*1-2/h5-6H,4H2,1-3H3;2*1-2H3. The first-order chi connectivity index (χ1) is 4.77. The minimum Gasteiger partial charge on any atom is -0.319 e. The van der Waals surface area contributed by atoms with E-state index < -0.39 is 0 Å². The molecule has 0 unspecified atom stereocenters. The monoisotopic (exact) mass is 147 g/mol. The van der Waals surface area contributed by atoms with Gasteiger partial charge in [-0.3, -0.25) is 0 Å². The van der Waals surface area contributed by atoms with E-state index in [1.54, 1.807) is 0 Å². The van der Waals surface area contributed by atoms with Crippen LogP contribution in [0.25, 0.3) is 0 Å². The first-order valence-electron chi connectivity index (χ1n) is 4.42. The summed E-state index contributed by atoms with van der Waals surface area (Å²) in [6.45, 7) is 13.5. The summed E-state index contributed by atoms with van der Waals surface area (Å²) in [6.07, 6.45) is 0. The van der Waals surface area contributed by atoms with Crippen molar-refractivity contribution in [1.82, 2.24) is 5.32 Å². The minimum absolute atomic E-state index is 0.787. The number of hydrogen-bond donors (Lipinski definition) is 1. The molecule has 0 aromatic carbocycles. The molecule has 0 aliphatic heterocycles. The lowest BCUT2D eigenvalue weighted by Crippen LogP contribution is -2.12. The second kappa shape index (κ2) is 23.1. The molecule has 0 aromatic rings. The zero-order valence-electron chi connectivity index (χ0n) is 8.78. The van der Waals surface area contributed by atoms with Crippen LogP contribution in [0.2, 0.25) is 0 Å². The Morgan fingerprint density at radius 1 is 1.00 bits per heavy atom. The zero-order chi connectivity index (χ0) is 8.99. The highest BCUT2D eigenvalue weighted by Gasteiger charge is 1.84. The first kappa shape index (κ1) is 16.5. The van der Waals surface area contributed by atoms with E-state index in [1.807, 2.05) is 34.7 Å². The third-order valence-electron chi connectivity index (χ3n) is 0.612. The highest BCUT2D eigenvalue weighted by molar-refractivity contribution is 4.42. The topological polar surface area (TPSA) is 12.0 Å². The molecule has 0 aliphatic rings. The van der Waals surface area contributed by atoms with Crippen LogP contribution in [-0.2, 0) is 0 Å². The lowest BCUT2D eigenvalue weighted by atomic mass is 10.2. The number of nitrogens with one attached hydrogen (secondary N) is 1. The minimum atomic E-state index is 0.787. The number of hydrogen-bond acceptors (Lipinski definition) is 1. The average molecular weight is 147 g/mol. The molecule has 0 saturated carbocycles. The summed E-state index contributed by atoms with van der Waals surface area (Å²) in [5, 5.41) is 3.07. The van der Waals surface area contributed by atoms with Crippen LogP contribution in [0.4, 0.5) is 0 Å². The van der Waals surface area contributed by atoms with E-state index >= 15 is 0 Å². The van der Waals surface area contributed by atoms with Gasteiger partial charge in [-0.05, 0) is 19.5 Å². The zero-order valence-corrected chi connectivity index (χ0v) is 8.78. The molecule has 0 spiro atoms. The Labute approximate surface area is 67.2 Å². The van der Waals surface area contributed by atoms with Gasteiger partial charge < -0.3 is 5.32 Å². The van der Waals surface area contributed by atoms with Crippen LogP contribution in [0.15, 0.2) is 0 Å². The van der Waals surface area contributed by atoms with Crippen molar-refractivity contribution in [3.05, 3.63) is 0 Å². The van der Waals surface area contributed by atoms with Crippen molar-refractivity contribution in [3.63, 3.8) is 0 Å². The maximum absolute atomic E-state index is 3.07. The van der Waals surface area contributed by atoms with Gasteiger partial charge in [0.2, 0.25) is 0 Å². The summed E-state index contributed by atoms with van der Waals surface area (Å²) >= 11 is 0. The normalized spacial score (nSPS) is 7.20. The molecule has 0 bridgehead atoms. The van der Waals surface area contributed by atoms with Gasteiger partial charge in [0.25, 0.3) is 0 Å². The van der Waals surface area contributed by atoms with Gasteiger partial charge in [0.15, 0.2) is 0 Å². The predicted octanol–water partition coefficient (Wildman–Crippen LogP) is 2.91. The summed E-state index contributed by atoms with van der Waals surface area (Å²) < 4.78 is 0. The van der Waals surface area contributed by atoms with Crippen molar-refractivity contribution in [3.8, 4) is 0 Å². The van der Waals surface area contributed by atoms with E-state index in [0.29, 0.717) is 0 Å². The first-order valence-corrected chi connectivity index (χ1v) is 4.42. The Hall–Kier alpha value is -0.0400. The molecule has 66 valence electrons. The van der Waals surface area contributed by atoms with Crippen LogP contribution < -0.4 is 5.32 Å². The predicted molar refractivity (Wildman–Crippen MR) is 51.5 cm³/mol. The molecule has 0 aliphatic carbocycles. The van der Waals surface area contributed by atoms with Crippen molar-refractivity contribution in [2.24, 2.45) is 5.92 Å². The lowest BCUT2D eigenvalue weighted by Gasteiger charge is -1.98. The Morgan fingerprint density at radius 3 is 1.30 bits per heavy atom. The van der Waals surface area contributed by atoms with Gasteiger partial charge >= 0.3 is 0 Å². The Kier molecular flexibility index (Phi) is 38.1. The third-order valence-corrected chi connectivity index (χ3v) is 0.612. The second-order valence-corrected chi connectivity index (χ2v) is 1.95. The maximum atomic E-state index is 3.07. The van der Waals surface area contributed by atoms with Crippen molar-refractivity contribution in [1.29, 1.82) is 0 Å². The average Bonchev–Trinajstić information content (AvgIpc) is 1.96. The summed E-state index contributed by atoms with van der Waals surface area (Å²) in [6, 6.07) is 0. The third kappa shape index (κ3) is 44.0. The van der Waals surface area contributed by atoms with Gasteiger partial charge in [0.05, 0.1) is 0 Å². The Bertz CT molecular complexity index is 25.9. The Morgan fingerprint density at radius 2 is 1.30 bits per heavy atom. The summed E-state index contributed by atoms with van der Waals surface area (Å²) in [7, 11) is 1.97. The molecule has 0 radical (unpaired) electrons. The van der Waals surface area contributed by atoms with Gasteiger partial charge in [0, 0.05) is 0 Å². The molecule has 1 heteroatoms. The van der Waals surface area contributed by atoms with Crippen molar-refractivity contribution in [2.75, 3.05) is 13.6 Å². The van der Waals surface area contributed by atoms with Crippen LogP contribution in [0.3, 0.4) is 0 Å². The van der Waals surface area contributed by atoms with Crippen LogP contribution in [0.5, 0.6) is 0 Å². The largest absolute Gasteiger partial charge is 0.319 e. The van der Waals surface area contributed by atoms with Crippen molar-refractivity contribution < 1.29 is 0 Å². The van der Waals surface area contributed by atoms with Gasteiger partial charge in [-0.2, -0.15) is 0 Å². The fourth-order valence-electron chi connectivity index (χ4n) is 0.408. The molecule has 0 fully saturated rings. The molecule has 0 atom stereocenters. The molecule has 0 rings (SSSR count). The summed E-state index contributed by atoms with van der Waals surface area (Å²) in [4.78, 5) is 0. The molecule has 1 nitrogen and oxygen atoms in total. The van der Waals surface area contributed by atoms with Gasteiger partial charge in [0.1, 0.15) is 0 Å². The van der Waals surface area contributed by atoms with E-state index in [9.17, 15) is 0 Å². The van der Waals surface area contributed by atoms with Gasteiger partial charge in [-0.15, -0.1) is 0 Å². The quantitative estimate of drug-likeness (QED) is 0.633. The molecule has 0 aromatic heterocycles. The van der Waals surface area contributed by atoms with Crippen LogP contribution in [-0.4, -0.2) is 13.6 Å². The van der Waals surface area contributed by atoms with Crippen LogP contribution in [0, 0.1) is 5.92 Å². The van der Waals surface area contributed by atoms with Gasteiger partial charge in [-0.25, -0.2) is 0 Å². The van der Waals surface area contributed by atoms with Gasteiger partial charge in [-0.1, -0.05) is 41.5 Å². The molecular formula is C9H25N. The molecular weight excluding hydrogens is 122 g/mol. The highest BCUT2D eigenvalue weighted by atomic mass is 14.8. The molecule has 1 N–H and O–H groups in total. The van der Waals surface area contributed by atoms with E-state index in [1.165, 1.54) is 0 Å². The summed E-state index contributed by atoms with van der Waals surface area (Å²) in [5.41, 5.74) is 0. The Balaban J connectivity index is -0.000000105. The van der Waals surface area contributed by atoms with E-state index in [4.69, 9.17) is 0 Å². The van der Waals surface area contributed by atoms with Crippen LogP contribution >= 0.6 is 0 Å². The van der Waals surface area contributed by atoms with E-state index in [-0.39, 0.29) is 0 Å². The van der Waals surface area contributed by atoms with Crippen molar-refractivity contribution >= 4 is 0 Å². The fraction of sp³-hybridized carbons (Fsp3) is 1.00. The fourth-order valence-corrected chi connectivity index (χ4v) is 0.408. The molecule has 10 heavy (non-hydrogen) atoms. The van der Waals surface area contributed by atoms with Crippen molar-refractivity contribution in [2.45, 2.75) is 41.5 Å². The molecule has 0 saturated heterocycles. The number of rotatable bonds is 2. The molecule has 0 heterocycles. The SMILES string of the molecule is CC.CC.CNCC(C)C. The highest BCUT2D eigenvalue weighted by Crippen LogP contribution is 1.83.